The number of carbonyl (C=O) groups excluding carboxylic acids is 2. The van der Waals surface area contributed by atoms with Crippen molar-refractivity contribution in [1.82, 2.24) is 0 Å². The van der Waals surface area contributed by atoms with Crippen molar-refractivity contribution >= 4 is 11.6 Å². The van der Waals surface area contributed by atoms with Crippen LogP contribution in [-0.2, 0) is 0 Å². The third-order valence-corrected chi connectivity index (χ3v) is 2.64. The monoisotopic (exact) mass is 272 g/mol. The molecule has 0 heterocycles. The van der Waals surface area contributed by atoms with E-state index in [4.69, 9.17) is 0 Å². The van der Waals surface area contributed by atoms with E-state index >= 15 is 0 Å². The van der Waals surface area contributed by atoms with Gasteiger partial charge in [0.2, 0.25) is 0 Å². The number of ketones is 2. The van der Waals surface area contributed by atoms with Gasteiger partial charge < -0.3 is 0 Å². The number of rotatable bonds is 4. The molecule has 0 aromatic heterocycles. The third-order valence-electron chi connectivity index (χ3n) is 2.64. The summed E-state index contributed by atoms with van der Waals surface area (Å²) in [6, 6.07) is 10.0. The molecular formula is C16H10F2O2. The molecule has 0 radical (unpaired) electrons. The highest BCUT2D eigenvalue weighted by Crippen LogP contribution is 2.07. The molecule has 2 aromatic rings. The smallest absolute Gasteiger partial charge is 0.185 e. The number of hydrogen-bond donors (Lipinski definition) is 0. The fourth-order valence-electron chi connectivity index (χ4n) is 1.57. The summed E-state index contributed by atoms with van der Waals surface area (Å²) in [5, 5.41) is 0. The molecule has 0 atom stereocenters. The number of carbonyl (C=O) groups is 2. The molecule has 2 nitrogen and oxygen atoms in total. The van der Waals surface area contributed by atoms with Gasteiger partial charge in [0.1, 0.15) is 11.6 Å². The van der Waals surface area contributed by atoms with Crippen LogP contribution in [0.1, 0.15) is 20.7 Å². The summed E-state index contributed by atoms with van der Waals surface area (Å²) in [6.07, 6.45) is 2.22. The lowest BCUT2D eigenvalue weighted by Gasteiger charge is -1.96. The van der Waals surface area contributed by atoms with Gasteiger partial charge in [-0.05, 0) is 60.7 Å². The van der Waals surface area contributed by atoms with Crippen molar-refractivity contribution in [2.75, 3.05) is 0 Å². The largest absolute Gasteiger partial charge is 0.289 e. The number of allylic oxidation sites excluding steroid dienone is 2. The molecule has 0 spiro atoms. The van der Waals surface area contributed by atoms with Gasteiger partial charge in [0.15, 0.2) is 11.6 Å². The van der Waals surface area contributed by atoms with Crippen molar-refractivity contribution in [3.63, 3.8) is 0 Å². The van der Waals surface area contributed by atoms with Gasteiger partial charge in [0.25, 0.3) is 0 Å². The van der Waals surface area contributed by atoms with Crippen LogP contribution < -0.4 is 0 Å². The average Bonchev–Trinajstić information content (AvgIpc) is 2.46. The van der Waals surface area contributed by atoms with Crippen LogP contribution in [0.2, 0.25) is 0 Å². The third kappa shape index (κ3) is 3.45. The minimum absolute atomic E-state index is 0.287. The fourth-order valence-corrected chi connectivity index (χ4v) is 1.57. The van der Waals surface area contributed by atoms with Gasteiger partial charge >= 0.3 is 0 Å². The lowest BCUT2D eigenvalue weighted by molar-refractivity contribution is 0.102. The van der Waals surface area contributed by atoms with Gasteiger partial charge in [-0.25, -0.2) is 8.78 Å². The van der Waals surface area contributed by atoms with Crippen LogP contribution in [0.3, 0.4) is 0 Å². The van der Waals surface area contributed by atoms with Crippen molar-refractivity contribution in [2.45, 2.75) is 0 Å². The Balaban J connectivity index is 2.09. The first-order chi connectivity index (χ1) is 9.56. The molecule has 0 amide bonds. The average molecular weight is 272 g/mol. The van der Waals surface area contributed by atoms with Crippen LogP contribution in [0.15, 0.2) is 60.7 Å². The first-order valence-electron chi connectivity index (χ1n) is 5.84. The molecule has 4 heteroatoms. The molecule has 0 aliphatic carbocycles. The first-order valence-corrected chi connectivity index (χ1v) is 5.84. The first kappa shape index (κ1) is 13.8. The minimum Gasteiger partial charge on any atom is -0.289 e. The molecular weight excluding hydrogens is 262 g/mol. The molecule has 0 bridgehead atoms. The SMILES string of the molecule is O=C(C=CC(=O)c1ccc(F)cc1)c1ccc(F)cc1. The van der Waals surface area contributed by atoms with E-state index < -0.39 is 23.2 Å². The second-order valence-electron chi connectivity index (χ2n) is 4.08. The summed E-state index contributed by atoms with van der Waals surface area (Å²) in [4.78, 5) is 23.4. The van der Waals surface area contributed by atoms with E-state index in [1.807, 2.05) is 0 Å². The highest BCUT2D eigenvalue weighted by molar-refractivity contribution is 6.11. The van der Waals surface area contributed by atoms with Crippen molar-refractivity contribution < 1.29 is 18.4 Å². The van der Waals surface area contributed by atoms with Gasteiger partial charge in [0.05, 0.1) is 0 Å². The molecule has 0 aliphatic heterocycles. The van der Waals surface area contributed by atoms with Gasteiger partial charge in [-0.15, -0.1) is 0 Å². The highest BCUT2D eigenvalue weighted by atomic mass is 19.1. The quantitative estimate of drug-likeness (QED) is 0.629. The van der Waals surface area contributed by atoms with E-state index in [1.54, 1.807) is 0 Å². The van der Waals surface area contributed by atoms with Crippen LogP contribution in [0.25, 0.3) is 0 Å². The van der Waals surface area contributed by atoms with Gasteiger partial charge in [-0.1, -0.05) is 0 Å². The molecule has 0 saturated carbocycles. The Morgan fingerprint density at radius 2 is 0.950 bits per heavy atom. The molecule has 0 saturated heterocycles. The summed E-state index contributed by atoms with van der Waals surface area (Å²) in [7, 11) is 0. The Morgan fingerprint density at radius 3 is 1.25 bits per heavy atom. The molecule has 0 aliphatic rings. The van der Waals surface area contributed by atoms with Gasteiger partial charge in [-0.3, -0.25) is 9.59 Å². The van der Waals surface area contributed by atoms with E-state index in [-0.39, 0.29) is 11.1 Å². The van der Waals surface area contributed by atoms with E-state index in [1.165, 1.54) is 48.5 Å². The topological polar surface area (TPSA) is 34.1 Å². The van der Waals surface area contributed by atoms with Crippen molar-refractivity contribution in [3.05, 3.63) is 83.4 Å². The predicted octanol–water partition coefficient (Wildman–Crippen LogP) is 3.59. The second kappa shape index (κ2) is 6.02. The zero-order valence-corrected chi connectivity index (χ0v) is 10.3. The highest BCUT2D eigenvalue weighted by Gasteiger charge is 2.05. The zero-order chi connectivity index (χ0) is 14.5. The standard InChI is InChI=1S/C16H10F2O2/c17-13-5-1-11(2-6-13)15(19)9-10-16(20)12-3-7-14(18)8-4-12/h1-10H. The second-order valence-corrected chi connectivity index (χ2v) is 4.08. The molecule has 0 N–H and O–H groups in total. The fraction of sp³-hybridized carbons (Fsp3) is 0. The molecule has 100 valence electrons. The van der Waals surface area contributed by atoms with Crippen molar-refractivity contribution in [2.24, 2.45) is 0 Å². The Kier molecular flexibility index (Phi) is 4.15. The normalized spacial score (nSPS) is 10.7. The molecule has 0 fully saturated rings. The van der Waals surface area contributed by atoms with Crippen LogP contribution in [-0.4, -0.2) is 11.6 Å². The molecule has 2 aromatic carbocycles. The van der Waals surface area contributed by atoms with Crippen LogP contribution >= 0.6 is 0 Å². The Morgan fingerprint density at radius 1 is 0.650 bits per heavy atom. The number of benzene rings is 2. The summed E-state index contributed by atoms with van der Waals surface area (Å²) in [6.45, 7) is 0. The number of hydrogen-bond acceptors (Lipinski definition) is 2. The van der Waals surface area contributed by atoms with Gasteiger partial charge in [-0.2, -0.15) is 0 Å². The maximum atomic E-state index is 12.7. The minimum atomic E-state index is -0.437. The number of halogens is 2. The van der Waals surface area contributed by atoms with E-state index in [9.17, 15) is 18.4 Å². The van der Waals surface area contributed by atoms with Crippen LogP contribution in [0, 0.1) is 11.6 Å². The zero-order valence-electron chi connectivity index (χ0n) is 10.3. The molecule has 0 unspecified atom stereocenters. The summed E-state index contributed by atoms with van der Waals surface area (Å²) >= 11 is 0. The predicted molar refractivity (Wildman–Crippen MR) is 70.6 cm³/mol. The lowest BCUT2D eigenvalue weighted by Crippen LogP contribution is -1.98. The Labute approximate surface area is 114 Å². The summed E-state index contributed by atoms with van der Waals surface area (Å²) in [5.74, 6) is -1.68. The van der Waals surface area contributed by atoms with E-state index in [2.05, 4.69) is 0 Å². The van der Waals surface area contributed by atoms with Crippen molar-refractivity contribution in [3.8, 4) is 0 Å². The lowest BCUT2D eigenvalue weighted by atomic mass is 10.1. The summed E-state index contributed by atoms with van der Waals surface area (Å²) in [5.41, 5.74) is 0.573. The van der Waals surface area contributed by atoms with Crippen molar-refractivity contribution in [1.29, 1.82) is 0 Å². The van der Waals surface area contributed by atoms with E-state index in [0.29, 0.717) is 0 Å². The van der Waals surface area contributed by atoms with Crippen LogP contribution in [0.4, 0.5) is 8.78 Å². The van der Waals surface area contributed by atoms with Gasteiger partial charge in [0, 0.05) is 11.1 Å². The van der Waals surface area contributed by atoms with E-state index in [0.717, 1.165) is 12.2 Å². The molecule has 2 rings (SSSR count). The maximum Gasteiger partial charge on any atom is 0.185 e. The molecule has 20 heavy (non-hydrogen) atoms. The Bertz CT molecular complexity index is 596. The maximum absolute atomic E-state index is 12.7. The Hall–Kier alpha value is -2.62. The van der Waals surface area contributed by atoms with Crippen LogP contribution in [0.5, 0.6) is 0 Å². The summed E-state index contributed by atoms with van der Waals surface area (Å²) < 4.78 is 25.4.